The van der Waals surface area contributed by atoms with E-state index >= 15 is 0 Å². The lowest BCUT2D eigenvalue weighted by atomic mass is 10.2. The van der Waals surface area contributed by atoms with Gasteiger partial charge in [0.25, 0.3) is 10.0 Å². The molecule has 142 valence electrons. The fourth-order valence-electron chi connectivity index (χ4n) is 2.89. The normalized spacial score (nSPS) is 11.6. The molecule has 2 aromatic heterocycles. The number of nitrogens with zero attached hydrogens (tertiary/aromatic N) is 4. The third-order valence-corrected chi connectivity index (χ3v) is 5.95. The summed E-state index contributed by atoms with van der Waals surface area (Å²) in [5.41, 5.74) is 0.657. The summed E-state index contributed by atoms with van der Waals surface area (Å²) in [5.74, 6) is -1.74. The van der Waals surface area contributed by atoms with E-state index in [2.05, 4.69) is 10.2 Å². The standard InChI is InChI=1S/C19H14F2N4O2S/c20-15-9-16(21)11-17(10-15)25(12-14-5-2-1-3-6-14)28(26,27)18-7-4-8-24-13-22-23-19(18)24/h1-11,13H,12H2. The van der Waals surface area contributed by atoms with Crippen molar-refractivity contribution >= 4 is 21.4 Å². The number of benzene rings is 2. The van der Waals surface area contributed by atoms with Crippen molar-refractivity contribution in [3.8, 4) is 0 Å². The smallest absolute Gasteiger partial charge is 0.268 e. The first-order chi connectivity index (χ1) is 13.4. The monoisotopic (exact) mass is 400 g/mol. The Kier molecular flexibility index (Phi) is 4.52. The Hall–Kier alpha value is -3.33. The molecule has 0 N–H and O–H groups in total. The van der Waals surface area contributed by atoms with Crippen LogP contribution in [0.2, 0.25) is 0 Å². The molecule has 0 radical (unpaired) electrons. The van der Waals surface area contributed by atoms with E-state index < -0.39 is 21.7 Å². The second-order valence-corrected chi connectivity index (χ2v) is 7.89. The quantitative estimate of drug-likeness (QED) is 0.515. The van der Waals surface area contributed by atoms with E-state index in [1.54, 1.807) is 36.5 Å². The average Bonchev–Trinajstić information content (AvgIpc) is 3.14. The van der Waals surface area contributed by atoms with Gasteiger partial charge in [-0.1, -0.05) is 30.3 Å². The molecule has 0 spiro atoms. The Morgan fingerprint density at radius 3 is 2.39 bits per heavy atom. The van der Waals surface area contributed by atoms with Crippen molar-refractivity contribution in [2.45, 2.75) is 11.4 Å². The van der Waals surface area contributed by atoms with Gasteiger partial charge in [-0.2, -0.15) is 0 Å². The van der Waals surface area contributed by atoms with Crippen molar-refractivity contribution in [1.29, 1.82) is 0 Å². The van der Waals surface area contributed by atoms with Gasteiger partial charge in [0.2, 0.25) is 0 Å². The molecule has 0 saturated heterocycles. The fourth-order valence-corrected chi connectivity index (χ4v) is 4.46. The van der Waals surface area contributed by atoms with Crippen molar-refractivity contribution < 1.29 is 17.2 Å². The summed E-state index contributed by atoms with van der Waals surface area (Å²) < 4.78 is 57.0. The molecular weight excluding hydrogens is 386 g/mol. The van der Waals surface area contributed by atoms with Gasteiger partial charge in [0.05, 0.1) is 12.2 Å². The first-order valence-corrected chi connectivity index (χ1v) is 9.70. The molecule has 0 bridgehead atoms. The van der Waals surface area contributed by atoms with Gasteiger partial charge in [0, 0.05) is 12.3 Å². The van der Waals surface area contributed by atoms with Crippen LogP contribution in [0, 0.1) is 11.6 Å². The zero-order valence-corrected chi connectivity index (χ0v) is 15.2. The molecule has 0 fully saturated rings. The summed E-state index contributed by atoms with van der Waals surface area (Å²) in [4.78, 5) is -0.117. The highest BCUT2D eigenvalue weighted by molar-refractivity contribution is 7.93. The summed E-state index contributed by atoms with van der Waals surface area (Å²) in [6.07, 6.45) is 2.98. The van der Waals surface area contributed by atoms with Crippen molar-refractivity contribution in [3.05, 3.63) is 90.4 Å². The van der Waals surface area contributed by atoms with Gasteiger partial charge in [-0.05, 0) is 29.8 Å². The number of fused-ring (bicyclic) bond motifs is 1. The number of sulfonamides is 1. The van der Waals surface area contributed by atoms with Gasteiger partial charge >= 0.3 is 0 Å². The van der Waals surface area contributed by atoms with Crippen molar-refractivity contribution in [2.24, 2.45) is 0 Å². The number of aromatic nitrogens is 3. The number of rotatable bonds is 5. The summed E-state index contributed by atoms with van der Waals surface area (Å²) in [5, 5.41) is 7.59. The molecule has 6 nitrogen and oxygen atoms in total. The maximum atomic E-state index is 13.8. The highest BCUT2D eigenvalue weighted by Gasteiger charge is 2.29. The Morgan fingerprint density at radius 1 is 0.964 bits per heavy atom. The Balaban J connectivity index is 1.90. The third-order valence-electron chi connectivity index (χ3n) is 4.16. The number of anilines is 1. The van der Waals surface area contributed by atoms with E-state index in [4.69, 9.17) is 0 Å². The summed E-state index contributed by atoms with van der Waals surface area (Å²) in [6, 6.07) is 14.3. The van der Waals surface area contributed by atoms with Crippen LogP contribution >= 0.6 is 0 Å². The lowest BCUT2D eigenvalue weighted by Crippen LogP contribution is -2.31. The zero-order chi connectivity index (χ0) is 19.7. The van der Waals surface area contributed by atoms with Gasteiger partial charge in [0.1, 0.15) is 22.9 Å². The first-order valence-electron chi connectivity index (χ1n) is 8.26. The molecule has 0 unspecified atom stereocenters. The third kappa shape index (κ3) is 3.31. The van der Waals surface area contributed by atoms with Crippen LogP contribution in [-0.4, -0.2) is 23.0 Å². The number of hydrogen-bond donors (Lipinski definition) is 0. The van der Waals surface area contributed by atoms with E-state index in [9.17, 15) is 17.2 Å². The van der Waals surface area contributed by atoms with E-state index in [-0.39, 0.29) is 22.8 Å². The molecule has 0 aliphatic heterocycles. The molecule has 4 rings (SSSR count). The van der Waals surface area contributed by atoms with E-state index in [0.29, 0.717) is 11.6 Å². The number of halogens is 2. The van der Waals surface area contributed by atoms with Crippen molar-refractivity contribution in [2.75, 3.05) is 4.31 Å². The molecule has 0 amide bonds. The van der Waals surface area contributed by atoms with Gasteiger partial charge in [-0.15, -0.1) is 10.2 Å². The van der Waals surface area contributed by atoms with Crippen LogP contribution in [0.4, 0.5) is 14.5 Å². The van der Waals surface area contributed by atoms with Crippen LogP contribution in [-0.2, 0) is 16.6 Å². The van der Waals surface area contributed by atoms with Crippen LogP contribution in [0.15, 0.2) is 78.1 Å². The van der Waals surface area contributed by atoms with Crippen LogP contribution in [0.5, 0.6) is 0 Å². The summed E-state index contributed by atoms with van der Waals surface area (Å²) >= 11 is 0. The van der Waals surface area contributed by atoms with Crippen LogP contribution < -0.4 is 4.31 Å². The molecule has 9 heteroatoms. The van der Waals surface area contributed by atoms with Crippen LogP contribution in [0.1, 0.15) is 5.56 Å². The van der Waals surface area contributed by atoms with Gasteiger partial charge < -0.3 is 0 Å². The largest absolute Gasteiger partial charge is 0.288 e. The lowest BCUT2D eigenvalue weighted by Gasteiger charge is -2.25. The minimum Gasteiger partial charge on any atom is -0.288 e. The van der Waals surface area contributed by atoms with E-state index in [1.165, 1.54) is 22.9 Å². The molecule has 28 heavy (non-hydrogen) atoms. The van der Waals surface area contributed by atoms with E-state index in [0.717, 1.165) is 16.4 Å². The number of hydrogen-bond acceptors (Lipinski definition) is 4. The molecule has 4 aromatic rings. The second-order valence-electron chi connectivity index (χ2n) is 6.06. The molecule has 0 atom stereocenters. The maximum absolute atomic E-state index is 13.8. The molecular formula is C19H14F2N4O2S. The van der Waals surface area contributed by atoms with Gasteiger partial charge in [-0.25, -0.2) is 17.2 Å². The summed E-state index contributed by atoms with van der Waals surface area (Å²) in [6.45, 7) is -0.110. The van der Waals surface area contributed by atoms with Crippen LogP contribution in [0.3, 0.4) is 0 Å². The maximum Gasteiger partial charge on any atom is 0.268 e. The highest BCUT2D eigenvalue weighted by atomic mass is 32.2. The topological polar surface area (TPSA) is 67.6 Å². The van der Waals surface area contributed by atoms with Crippen molar-refractivity contribution in [1.82, 2.24) is 14.6 Å². The predicted molar refractivity (Wildman–Crippen MR) is 99.2 cm³/mol. The van der Waals surface area contributed by atoms with Gasteiger partial charge in [-0.3, -0.25) is 8.71 Å². The molecule has 2 heterocycles. The number of pyridine rings is 1. The minimum absolute atomic E-state index is 0.110. The van der Waals surface area contributed by atoms with E-state index in [1.807, 2.05) is 0 Å². The summed E-state index contributed by atoms with van der Waals surface area (Å²) in [7, 11) is -4.21. The Labute approximate surface area is 159 Å². The molecule has 2 aromatic carbocycles. The predicted octanol–water partition coefficient (Wildman–Crippen LogP) is 3.40. The highest BCUT2D eigenvalue weighted by Crippen LogP contribution is 2.29. The molecule has 0 aliphatic rings. The average molecular weight is 400 g/mol. The Bertz CT molecular complexity index is 1220. The van der Waals surface area contributed by atoms with Crippen LogP contribution in [0.25, 0.3) is 5.65 Å². The SMILES string of the molecule is O=S(=O)(c1cccn2cnnc12)N(Cc1ccccc1)c1cc(F)cc(F)c1. The van der Waals surface area contributed by atoms with Crippen molar-refractivity contribution in [3.63, 3.8) is 0 Å². The minimum atomic E-state index is -4.21. The zero-order valence-electron chi connectivity index (χ0n) is 14.4. The first kappa shape index (κ1) is 18.1. The molecule has 0 saturated carbocycles. The second kappa shape index (κ2) is 7.01. The van der Waals surface area contributed by atoms with Gasteiger partial charge in [0.15, 0.2) is 5.65 Å². The lowest BCUT2D eigenvalue weighted by molar-refractivity contribution is 0.580. The Morgan fingerprint density at radius 2 is 1.68 bits per heavy atom. The molecule has 0 aliphatic carbocycles. The fraction of sp³-hybridized carbons (Fsp3) is 0.0526.